The quantitative estimate of drug-likeness (QED) is 0.922. The molecule has 0 amide bonds. The van der Waals surface area contributed by atoms with Crippen LogP contribution in [0.4, 0.5) is 5.95 Å². The molecule has 1 aromatic rings. The average molecular weight is 283 g/mol. The van der Waals surface area contributed by atoms with Crippen molar-refractivity contribution >= 4 is 17.5 Å². The Balaban J connectivity index is 2.03. The summed E-state index contributed by atoms with van der Waals surface area (Å²) in [7, 11) is 4.34. The molecule has 1 aliphatic rings. The fourth-order valence-electron chi connectivity index (χ4n) is 3.00. The maximum Gasteiger partial charge on any atom is 0.222 e. The maximum absolute atomic E-state index is 5.80. The Morgan fingerprint density at radius 3 is 2.68 bits per heavy atom. The molecule has 5 heteroatoms. The molecule has 1 aliphatic carbocycles. The molecule has 0 saturated heterocycles. The average Bonchev–Trinajstić information content (AvgIpc) is 2.38. The second kappa shape index (κ2) is 6.06. The maximum atomic E-state index is 5.80. The van der Waals surface area contributed by atoms with Crippen molar-refractivity contribution in [2.24, 2.45) is 5.92 Å². The van der Waals surface area contributed by atoms with E-state index in [-0.39, 0.29) is 5.54 Å². The largest absolute Gasteiger partial charge is 0.352 e. The molecule has 1 fully saturated rings. The number of halogens is 1. The first-order chi connectivity index (χ1) is 9.02. The fourth-order valence-corrected chi connectivity index (χ4v) is 3.10. The Kier molecular flexibility index (Phi) is 4.63. The lowest BCUT2D eigenvalue weighted by molar-refractivity contribution is 0.0881. The third-order valence-corrected chi connectivity index (χ3v) is 4.41. The van der Waals surface area contributed by atoms with Gasteiger partial charge in [-0.1, -0.05) is 31.4 Å². The van der Waals surface area contributed by atoms with Crippen LogP contribution in [0.3, 0.4) is 0 Å². The van der Waals surface area contributed by atoms with Crippen LogP contribution in [0.5, 0.6) is 0 Å². The second-order valence-electron chi connectivity index (χ2n) is 5.90. The molecule has 1 aromatic heterocycles. The van der Waals surface area contributed by atoms with E-state index in [1.54, 1.807) is 12.4 Å². The van der Waals surface area contributed by atoms with Gasteiger partial charge in [0.25, 0.3) is 0 Å². The monoisotopic (exact) mass is 282 g/mol. The molecule has 2 atom stereocenters. The first kappa shape index (κ1) is 14.5. The van der Waals surface area contributed by atoms with Gasteiger partial charge in [-0.2, -0.15) is 0 Å². The Bertz CT molecular complexity index is 406. The molecule has 0 spiro atoms. The topological polar surface area (TPSA) is 41.1 Å². The molecule has 1 N–H and O–H groups in total. The summed E-state index contributed by atoms with van der Waals surface area (Å²) >= 11 is 5.80. The highest BCUT2D eigenvalue weighted by molar-refractivity contribution is 6.30. The van der Waals surface area contributed by atoms with Crippen LogP contribution < -0.4 is 5.32 Å². The lowest BCUT2D eigenvalue weighted by Gasteiger charge is -2.45. The predicted molar refractivity (Wildman–Crippen MR) is 79.6 cm³/mol. The summed E-state index contributed by atoms with van der Waals surface area (Å²) < 4.78 is 0. The normalized spacial score (nSPS) is 27.5. The van der Waals surface area contributed by atoms with Gasteiger partial charge < -0.3 is 10.2 Å². The minimum absolute atomic E-state index is 0.209. The van der Waals surface area contributed by atoms with Gasteiger partial charge in [0.05, 0.1) is 17.4 Å². The summed E-state index contributed by atoms with van der Waals surface area (Å²) in [6.07, 6.45) is 8.34. The number of nitrogens with one attached hydrogen (secondary N) is 1. The summed E-state index contributed by atoms with van der Waals surface area (Å²) in [5, 5.41) is 3.93. The van der Waals surface area contributed by atoms with Gasteiger partial charge in [-0.05, 0) is 32.9 Å². The number of aromatic nitrogens is 2. The summed E-state index contributed by atoms with van der Waals surface area (Å²) in [6, 6.07) is 0. The lowest BCUT2D eigenvalue weighted by atomic mass is 9.75. The smallest absolute Gasteiger partial charge is 0.222 e. The van der Waals surface area contributed by atoms with Crippen LogP contribution >= 0.6 is 11.6 Å². The van der Waals surface area contributed by atoms with E-state index in [1.807, 2.05) is 0 Å². The molecule has 2 rings (SSSR count). The van der Waals surface area contributed by atoms with E-state index in [0.29, 0.717) is 11.0 Å². The van der Waals surface area contributed by atoms with Crippen LogP contribution in [0.2, 0.25) is 5.02 Å². The summed E-state index contributed by atoms with van der Waals surface area (Å²) in [6.45, 7) is 3.22. The standard InChI is InChI=1S/C14H23ClN4/c1-11-5-4-6-14(7-11,19(2)3)10-18-13-16-8-12(15)9-17-13/h8-9,11H,4-7,10H2,1-3H3,(H,16,17,18). The third kappa shape index (κ3) is 3.57. The summed E-state index contributed by atoms with van der Waals surface area (Å²) in [5.74, 6) is 1.44. The molecular weight excluding hydrogens is 260 g/mol. The van der Waals surface area contributed by atoms with Crippen molar-refractivity contribution in [2.45, 2.75) is 38.1 Å². The van der Waals surface area contributed by atoms with E-state index in [1.165, 1.54) is 25.7 Å². The fraction of sp³-hybridized carbons (Fsp3) is 0.714. The SMILES string of the molecule is CC1CCCC(CNc2ncc(Cl)cn2)(N(C)C)C1. The Morgan fingerprint density at radius 2 is 2.11 bits per heavy atom. The molecule has 19 heavy (non-hydrogen) atoms. The molecule has 1 saturated carbocycles. The Hall–Kier alpha value is -0.870. The van der Waals surface area contributed by atoms with Gasteiger partial charge in [0.15, 0.2) is 0 Å². The van der Waals surface area contributed by atoms with Gasteiger partial charge >= 0.3 is 0 Å². The van der Waals surface area contributed by atoms with Crippen molar-refractivity contribution in [3.63, 3.8) is 0 Å². The highest BCUT2D eigenvalue weighted by atomic mass is 35.5. The van der Waals surface area contributed by atoms with Crippen LogP contribution in [0.15, 0.2) is 12.4 Å². The summed E-state index contributed by atoms with van der Waals surface area (Å²) in [4.78, 5) is 10.8. The lowest BCUT2D eigenvalue weighted by Crippen LogP contribution is -2.52. The Morgan fingerprint density at radius 1 is 1.42 bits per heavy atom. The number of nitrogens with zero attached hydrogens (tertiary/aromatic N) is 3. The molecule has 0 aromatic carbocycles. The molecule has 106 valence electrons. The van der Waals surface area contributed by atoms with Crippen molar-refractivity contribution < 1.29 is 0 Å². The molecule has 4 nitrogen and oxygen atoms in total. The van der Waals surface area contributed by atoms with E-state index >= 15 is 0 Å². The Labute approximate surface area is 120 Å². The molecule has 1 heterocycles. The zero-order chi connectivity index (χ0) is 13.9. The van der Waals surface area contributed by atoms with Crippen molar-refractivity contribution in [3.05, 3.63) is 17.4 Å². The van der Waals surface area contributed by atoms with E-state index < -0.39 is 0 Å². The van der Waals surface area contributed by atoms with Gasteiger partial charge in [0, 0.05) is 12.1 Å². The second-order valence-corrected chi connectivity index (χ2v) is 6.34. The van der Waals surface area contributed by atoms with Crippen LogP contribution in [0, 0.1) is 5.92 Å². The van der Waals surface area contributed by atoms with Gasteiger partial charge in [0.2, 0.25) is 5.95 Å². The van der Waals surface area contributed by atoms with E-state index in [2.05, 4.69) is 41.2 Å². The predicted octanol–water partition coefficient (Wildman–Crippen LogP) is 3.05. The summed E-state index contributed by atoms with van der Waals surface area (Å²) in [5.41, 5.74) is 0.209. The van der Waals surface area contributed by atoms with Crippen LogP contribution in [0.25, 0.3) is 0 Å². The minimum atomic E-state index is 0.209. The van der Waals surface area contributed by atoms with Gasteiger partial charge in [0.1, 0.15) is 0 Å². The van der Waals surface area contributed by atoms with E-state index in [4.69, 9.17) is 11.6 Å². The van der Waals surface area contributed by atoms with Crippen molar-refractivity contribution in [1.82, 2.24) is 14.9 Å². The zero-order valence-corrected chi connectivity index (χ0v) is 12.7. The van der Waals surface area contributed by atoms with Gasteiger partial charge in [-0.3, -0.25) is 0 Å². The first-order valence-electron chi connectivity index (χ1n) is 6.91. The highest BCUT2D eigenvalue weighted by Crippen LogP contribution is 2.35. The van der Waals surface area contributed by atoms with Gasteiger partial charge in [-0.25, -0.2) is 9.97 Å². The molecule has 2 unspecified atom stereocenters. The zero-order valence-electron chi connectivity index (χ0n) is 12.0. The van der Waals surface area contributed by atoms with Crippen LogP contribution in [0.1, 0.15) is 32.6 Å². The molecule has 0 bridgehead atoms. The number of rotatable bonds is 4. The van der Waals surface area contributed by atoms with Crippen LogP contribution in [-0.2, 0) is 0 Å². The number of hydrogen-bond acceptors (Lipinski definition) is 4. The first-order valence-corrected chi connectivity index (χ1v) is 7.28. The molecule has 0 radical (unpaired) electrons. The van der Waals surface area contributed by atoms with Crippen molar-refractivity contribution in [3.8, 4) is 0 Å². The van der Waals surface area contributed by atoms with Gasteiger partial charge in [-0.15, -0.1) is 0 Å². The van der Waals surface area contributed by atoms with Crippen molar-refractivity contribution in [1.29, 1.82) is 0 Å². The highest BCUT2D eigenvalue weighted by Gasteiger charge is 2.36. The number of likely N-dealkylation sites (N-methyl/N-ethyl adjacent to an activating group) is 1. The van der Waals surface area contributed by atoms with E-state index in [0.717, 1.165) is 12.5 Å². The van der Waals surface area contributed by atoms with Crippen LogP contribution in [-0.4, -0.2) is 41.0 Å². The van der Waals surface area contributed by atoms with Crippen molar-refractivity contribution in [2.75, 3.05) is 26.0 Å². The number of hydrogen-bond donors (Lipinski definition) is 1. The third-order valence-electron chi connectivity index (χ3n) is 4.21. The molecule has 0 aliphatic heterocycles. The minimum Gasteiger partial charge on any atom is -0.352 e. The molecular formula is C14H23ClN4. The van der Waals surface area contributed by atoms with E-state index in [9.17, 15) is 0 Å². The number of anilines is 1.